The molecule has 2 unspecified atom stereocenters. The number of nitrogens with zero attached hydrogens (tertiary/aromatic N) is 1. The van der Waals surface area contributed by atoms with Crippen LogP contribution in [-0.4, -0.2) is 36.0 Å². The molecule has 128 valence electrons. The Labute approximate surface area is 150 Å². The SMILES string of the molecule is Cc1ccc(Oc2ccc(C(=O)NC3C4CCN(CC4)C3C)s2)s1. The zero-order chi connectivity index (χ0) is 16.7. The van der Waals surface area contributed by atoms with Crippen molar-refractivity contribution in [3.8, 4) is 10.1 Å². The molecule has 0 saturated carbocycles. The monoisotopic (exact) mass is 362 g/mol. The number of carbonyl (C=O) groups excluding carboxylic acids is 1. The largest absolute Gasteiger partial charge is 0.436 e. The standard InChI is InChI=1S/C18H22N2O2S2/c1-11-3-5-15(23-11)22-16-6-4-14(24-16)18(21)19-17-12(2)20-9-7-13(17)8-10-20/h3-6,12-13,17H,7-10H2,1-2H3,(H,19,21). The molecule has 2 atom stereocenters. The maximum atomic E-state index is 12.6. The van der Waals surface area contributed by atoms with E-state index in [1.807, 2.05) is 24.3 Å². The number of thiophene rings is 2. The predicted octanol–water partition coefficient (Wildman–Crippen LogP) is 4.12. The van der Waals surface area contributed by atoms with E-state index in [0.717, 1.165) is 15.0 Å². The number of nitrogens with one attached hydrogen (secondary N) is 1. The second-order valence-corrected chi connectivity index (χ2v) is 9.00. The predicted molar refractivity (Wildman–Crippen MR) is 98.5 cm³/mol. The highest BCUT2D eigenvalue weighted by atomic mass is 32.1. The van der Waals surface area contributed by atoms with Crippen molar-refractivity contribution in [2.75, 3.05) is 13.1 Å². The number of hydrogen-bond acceptors (Lipinski definition) is 5. The van der Waals surface area contributed by atoms with E-state index in [-0.39, 0.29) is 11.9 Å². The topological polar surface area (TPSA) is 41.6 Å². The van der Waals surface area contributed by atoms with Gasteiger partial charge in [0.25, 0.3) is 5.91 Å². The molecule has 2 aromatic heterocycles. The van der Waals surface area contributed by atoms with Gasteiger partial charge in [-0.05, 0) is 70.0 Å². The van der Waals surface area contributed by atoms with Gasteiger partial charge in [-0.1, -0.05) is 11.3 Å². The normalized spacial score (nSPS) is 28.8. The lowest BCUT2D eigenvalue weighted by Crippen LogP contribution is -2.62. The molecule has 2 aromatic rings. The first-order chi connectivity index (χ1) is 11.6. The average Bonchev–Trinajstić information content (AvgIpc) is 3.21. The molecule has 3 aliphatic heterocycles. The van der Waals surface area contributed by atoms with Gasteiger partial charge in [0.1, 0.15) is 0 Å². The van der Waals surface area contributed by atoms with E-state index >= 15 is 0 Å². The van der Waals surface area contributed by atoms with Crippen LogP contribution >= 0.6 is 22.7 Å². The lowest BCUT2D eigenvalue weighted by molar-refractivity contribution is 0.0218. The van der Waals surface area contributed by atoms with Crippen molar-refractivity contribution in [1.82, 2.24) is 10.2 Å². The van der Waals surface area contributed by atoms with E-state index in [9.17, 15) is 4.79 Å². The molecule has 2 bridgehead atoms. The van der Waals surface area contributed by atoms with Gasteiger partial charge in [-0.15, -0.1) is 11.3 Å². The van der Waals surface area contributed by atoms with Crippen molar-refractivity contribution in [2.24, 2.45) is 5.92 Å². The molecule has 0 aromatic carbocycles. The third kappa shape index (κ3) is 3.10. The second kappa shape index (κ2) is 6.50. The van der Waals surface area contributed by atoms with Crippen molar-refractivity contribution in [3.05, 3.63) is 34.0 Å². The molecular weight excluding hydrogens is 340 g/mol. The first-order valence-electron chi connectivity index (χ1n) is 8.49. The molecule has 5 heterocycles. The Hall–Kier alpha value is -1.37. The molecule has 1 amide bonds. The third-order valence-electron chi connectivity index (χ3n) is 5.20. The fourth-order valence-corrected chi connectivity index (χ4v) is 5.38. The second-order valence-electron chi connectivity index (χ2n) is 6.70. The Morgan fingerprint density at radius 1 is 1.17 bits per heavy atom. The van der Waals surface area contributed by atoms with Crippen molar-refractivity contribution < 1.29 is 9.53 Å². The average molecular weight is 363 g/mol. The van der Waals surface area contributed by atoms with Gasteiger partial charge in [0.2, 0.25) is 0 Å². The van der Waals surface area contributed by atoms with Crippen LogP contribution in [0.3, 0.4) is 0 Å². The number of ether oxygens (including phenoxy) is 1. The van der Waals surface area contributed by atoms with Crippen LogP contribution in [0.25, 0.3) is 0 Å². The summed E-state index contributed by atoms with van der Waals surface area (Å²) in [5.74, 6) is 0.654. The molecule has 0 spiro atoms. The van der Waals surface area contributed by atoms with E-state index in [1.165, 1.54) is 42.1 Å². The summed E-state index contributed by atoms with van der Waals surface area (Å²) >= 11 is 3.03. The van der Waals surface area contributed by atoms with E-state index in [0.29, 0.717) is 12.0 Å². The van der Waals surface area contributed by atoms with Crippen LogP contribution in [0.2, 0.25) is 0 Å². The quantitative estimate of drug-likeness (QED) is 0.889. The highest BCUT2D eigenvalue weighted by Crippen LogP contribution is 2.35. The Morgan fingerprint density at radius 2 is 1.88 bits per heavy atom. The number of piperidine rings is 3. The maximum Gasteiger partial charge on any atom is 0.261 e. The van der Waals surface area contributed by atoms with E-state index in [1.54, 1.807) is 11.3 Å². The molecule has 5 rings (SSSR count). The first-order valence-corrected chi connectivity index (χ1v) is 10.1. The summed E-state index contributed by atoms with van der Waals surface area (Å²) in [5.41, 5.74) is 0. The zero-order valence-corrected chi connectivity index (χ0v) is 15.6. The summed E-state index contributed by atoms with van der Waals surface area (Å²) in [4.78, 5) is 17.1. The van der Waals surface area contributed by atoms with Gasteiger partial charge < -0.3 is 10.1 Å². The smallest absolute Gasteiger partial charge is 0.261 e. The van der Waals surface area contributed by atoms with E-state index in [2.05, 4.69) is 24.1 Å². The van der Waals surface area contributed by atoms with E-state index < -0.39 is 0 Å². The highest BCUT2D eigenvalue weighted by Gasteiger charge is 2.40. The lowest BCUT2D eigenvalue weighted by Gasteiger charge is -2.49. The number of aryl methyl sites for hydroxylation is 1. The summed E-state index contributed by atoms with van der Waals surface area (Å²) in [6, 6.07) is 8.46. The van der Waals surface area contributed by atoms with Gasteiger partial charge in [0.15, 0.2) is 10.1 Å². The molecule has 24 heavy (non-hydrogen) atoms. The molecule has 6 heteroatoms. The molecule has 3 saturated heterocycles. The number of rotatable bonds is 4. The van der Waals surface area contributed by atoms with Crippen LogP contribution < -0.4 is 10.1 Å². The highest BCUT2D eigenvalue weighted by molar-refractivity contribution is 7.16. The van der Waals surface area contributed by atoms with Crippen molar-refractivity contribution in [1.29, 1.82) is 0 Å². The molecule has 1 N–H and O–H groups in total. The summed E-state index contributed by atoms with van der Waals surface area (Å²) in [6.07, 6.45) is 2.40. The lowest BCUT2D eigenvalue weighted by atomic mass is 9.79. The number of fused-ring (bicyclic) bond motifs is 3. The molecule has 3 aliphatic rings. The molecule has 3 fully saturated rings. The van der Waals surface area contributed by atoms with Crippen molar-refractivity contribution in [3.63, 3.8) is 0 Å². The Kier molecular flexibility index (Phi) is 4.37. The summed E-state index contributed by atoms with van der Waals surface area (Å²) in [5, 5.41) is 4.91. The minimum absolute atomic E-state index is 0.0304. The summed E-state index contributed by atoms with van der Waals surface area (Å²) < 4.78 is 5.84. The van der Waals surface area contributed by atoms with Crippen LogP contribution in [0, 0.1) is 12.8 Å². The molecule has 0 radical (unpaired) electrons. The maximum absolute atomic E-state index is 12.6. The van der Waals surface area contributed by atoms with Gasteiger partial charge in [0.05, 0.1) is 4.88 Å². The molecule has 0 aliphatic carbocycles. The van der Waals surface area contributed by atoms with Crippen LogP contribution in [0.5, 0.6) is 10.1 Å². The summed E-state index contributed by atoms with van der Waals surface area (Å²) in [7, 11) is 0. The van der Waals surface area contributed by atoms with Crippen LogP contribution in [-0.2, 0) is 0 Å². The first kappa shape index (κ1) is 16.1. The van der Waals surface area contributed by atoms with Gasteiger partial charge in [-0.25, -0.2) is 0 Å². The Bertz CT molecular complexity index is 729. The number of amides is 1. The third-order valence-corrected chi connectivity index (χ3v) is 7.04. The fourth-order valence-electron chi connectivity index (χ4n) is 3.83. The Balaban J connectivity index is 1.41. The van der Waals surface area contributed by atoms with Crippen molar-refractivity contribution in [2.45, 2.75) is 38.8 Å². The van der Waals surface area contributed by atoms with Crippen LogP contribution in [0.4, 0.5) is 0 Å². The molecule has 4 nitrogen and oxygen atoms in total. The molecular formula is C18H22N2O2S2. The van der Waals surface area contributed by atoms with Gasteiger partial charge in [-0.2, -0.15) is 0 Å². The minimum Gasteiger partial charge on any atom is -0.436 e. The van der Waals surface area contributed by atoms with Crippen LogP contribution in [0.1, 0.15) is 34.3 Å². The number of carbonyl (C=O) groups is 1. The van der Waals surface area contributed by atoms with Gasteiger partial charge >= 0.3 is 0 Å². The van der Waals surface area contributed by atoms with E-state index in [4.69, 9.17) is 4.74 Å². The van der Waals surface area contributed by atoms with Gasteiger partial charge in [-0.3, -0.25) is 9.69 Å². The van der Waals surface area contributed by atoms with Gasteiger partial charge in [0, 0.05) is 17.0 Å². The zero-order valence-electron chi connectivity index (χ0n) is 14.0. The number of hydrogen-bond donors (Lipinski definition) is 1. The Morgan fingerprint density at radius 3 is 2.54 bits per heavy atom. The fraction of sp³-hybridized carbons (Fsp3) is 0.500. The van der Waals surface area contributed by atoms with Crippen LogP contribution in [0.15, 0.2) is 24.3 Å². The summed E-state index contributed by atoms with van der Waals surface area (Å²) in [6.45, 7) is 6.64. The minimum atomic E-state index is 0.0304. The van der Waals surface area contributed by atoms with Crippen molar-refractivity contribution >= 4 is 28.6 Å².